The highest BCUT2D eigenvalue weighted by Crippen LogP contribution is 2.21. The van der Waals surface area contributed by atoms with Crippen LogP contribution in [0, 0.1) is 6.92 Å². The van der Waals surface area contributed by atoms with Crippen molar-refractivity contribution in [3.63, 3.8) is 0 Å². The van der Waals surface area contributed by atoms with Crippen LogP contribution in [0.2, 0.25) is 0 Å². The van der Waals surface area contributed by atoms with Crippen molar-refractivity contribution in [3.05, 3.63) is 39.8 Å². The molecule has 0 aliphatic carbocycles. The van der Waals surface area contributed by atoms with Crippen LogP contribution in [-0.2, 0) is 0 Å². The van der Waals surface area contributed by atoms with E-state index in [1.54, 1.807) is 35.7 Å². The zero-order valence-electron chi connectivity index (χ0n) is 10.8. The number of hydrogen-bond donors (Lipinski definition) is 3. The van der Waals surface area contributed by atoms with E-state index in [-0.39, 0.29) is 11.9 Å². The van der Waals surface area contributed by atoms with Gasteiger partial charge in [0, 0.05) is 22.4 Å². The highest BCUT2D eigenvalue weighted by Gasteiger charge is 2.15. The van der Waals surface area contributed by atoms with Gasteiger partial charge in [-0.15, -0.1) is 11.3 Å². The number of benzene rings is 1. The first-order chi connectivity index (χ1) is 8.97. The first-order valence-electron chi connectivity index (χ1n) is 5.85. The van der Waals surface area contributed by atoms with Gasteiger partial charge in [-0.2, -0.15) is 0 Å². The second-order valence-electron chi connectivity index (χ2n) is 4.35. The maximum atomic E-state index is 12.1. The Balaban J connectivity index is 2.12. The smallest absolute Gasteiger partial charge is 0.253 e. The van der Waals surface area contributed by atoms with Gasteiger partial charge in [0.15, 0.2) is 0 Å². The summed E-state index contributed by atoms with van der Waals surface area (Å²) in [6.45, 7) is 3.87. The summed E-state index contributed by atoms with van der Waals surface area (Å²) in [6, 6.07) is 4.71. The maximum absolute atomic E-state index is 12.1. The summed E-state index contributed by atoms with van der Waals surface area (Å²) in [4.78, 5) is 17.5. The fraction of sp³-hybridized carbons (Fsp3) is 0.231. The molecular formula is C13H16N4OS. The quantitative estimate of drug-likeness (QED) is 0.748. The number of rotatable bonds is 3. The summed E-state index contributed by atoms with van der Waals surface area (Å²) in [5, 5.41) is 3.75. The van der Waals surface area contributed by atoms with E-state index in [0.717, 1.165) is 9.88 Å². The number of hydrogen-bond acceptors (Lipinski definition) is 5. The molecule has 0 fully saturated rings. The molecule has 1 atom stereocenters. The number of nitrogen functional groups attached to an aromatic ring is 2. The minimum atomic E-state index is -0.224. The zero-order chi connectivity index (χ0) is 14.0. The van der Waals surface area contributed by atoms with Gasteiger partial charge in [-0.1, -0.05) is 0 Å². The number of amides is 1. The topological polar surface area (TPSA) is 94.0 Å². The number of carbonyl (C=O) groups excluding carboxylic acids is 1. The third-order valence-corrected chi connectivity index (χ3v) is 3.77. The number of aryl methyl sites for hydroxylation is 1. The van der Waals surface area contributed by atoms with Crippen LogP contribution in [0.25, 0.3) is 0 Å². The lowest BCUT2D eigenvalue weighted by molar-refractivity contribution is 0.0941. The van der Waals surface area contributed by atoms with Crippen molar-refractivity contribution in [1.82, 2.24) is 10.3 Å². The van der Waals surface area contributed by atoms with E-state index in [1.165, 1.54) is 0 Å². The molecular weight excluding hydrogens is 260 g/mol. The predicted molar refractivity (Wildman–Crippen MR) is 78.0 cm³/mol. The molecule has 0 radical (unpaired) electrons. The SMILES string of the molecule is Cc1cnc(C(C)NC(=O)c2ccc(N)cc2N)s1. The number of carbonyl (C=O) groups is 1. The summed E-state index contributed by atoms with van der Waals surface area (Å²) >= 11 is 1.56. The molecule has 2 rings (SSSR count). The number of aromatic nitrogens is 1. The van der Waals surface area contributed by atoms with Crippen molar-refractivity contribution >= 4 is 28.6 Å². The lowest BCUT2D eigenvalue weighted by Crippen LogP contribution is -2.27. The maximum Gasteiger partial charge on any atom is 0.253 e. The zero-order valence-corrected chi connectivity index (χ0v) is 11.6. The molecule has 1 amide bonds. The van der Waals surface area contributed by atoms with E-state index in [1.807, 2.05) is 13.8 Å². The fourth-order valence-electron chi connectivity index (χ4n) is 1.70. The van der Waals surface area contributed by atoms with Crippen LogP contribution in [0.3, 0.4) is 0 Å². The van der Waals surface area contributed by atoms with Crippen LogP contribution in [0.1, 0.15) is 33.2 Å². The van der Waals surface area contributed by atoms with E-state index in [0.29, 0.717) is 16.9 Å². The monoisotopic (exact) mass is 276 g/mol. The lowest BCUT2D eigenvalue weighted by atomic mass is 10.1. The third kappa shape index (κ3) is 3.03. The summed E-state index contributed by atoms with van der Waals surface area (Å²) < 4.78 is 0. The second kappa shape index (κ2) is 5.27. The average Bonchev–Trinajstić information content (AvgIpc) is 2.75. The van der Waals surface area contributed by atoms with Crippen LogP contribution in [0.5, 0.6) is 0 Å². The molecule has 0 saturated carbocycles. The molecule has 1 aromatic heterocycles. The highest BCUT2D eigenvalue weighted by molar-refractivity contribution is 7.11. The van der Waals surface area contributed by atoms with Gasteiger partial charge in [0.1, 0.15) is 5.01 Å². The molecule has 0 aliphatic heterocycles. The lowest BCUT2D eigenvalue weighted by Gasteiger charge is -2.12. The Labute approximate surface area is 115 Å². The Hall–Kier alpha value is -2.08. The highest BCUT2D eigenvalue weighted by atomic mass is 32.1. The van der Waals surface area contributed by atoms with Crippen molar-refractivity contribution < 1.29 is 4.79 Å². The molecule has 1 aromatic carbocycles. The first-order valence-corrected chi connectivity index (χ1v) is 6.67. The van der Waals surface area contributed by atoms with Gasteiger partial charge in [-0.3, -0.25) is 4.79 Å². The van der Waals surface area contributed by atoms with Crippen LogP contribution in [0.15, 0.2) is 24.4 Å². The van der Waals surface area contributed by atoms with E-state index >= 15 is 0 Å². The number of thiazole rings is 1. The van der Waals surface area contributed by atoms with Gasteiger partial charge in [0.2, 0.25) is 0 Å². The molecule has 6 heteroatoms. The predicted octanol–water partition coefficient (Wildman–Crippen LogP) is 2.11. The molecule has 2 aromatic rings. The van der Waals surface area contributed by atoms with Crippen molar-refractivity contribution in [2.45, 2.75) is 19.9 Å². The van der Waals surface area contributed by atoms with Gasteiger partial charge in [-0.25, -0.2) is 4.98 Å². The standard InChI is InChI=1S/C13H16N4OS/c1-7-6-16-13(19-7)8(2)17-12(18)10-4-3-9(14)5-11(10)15/h3-6,8H,14-15H2,1-2H3,(H,17,18). The van der Waals surface area contributed by atoms with Crippen molar-refractivity contribution in [2.24, 2.45) is 0 Å². The minimum absolute atomic E-state index is 0.150. The second-order valence-corrected chi connectivity index (χ2v) is 5.62. The molecule has 1 heterocycles. The van der Waals surface area contributed by atoms with Gasteiger partial charge < -0.3 is 16.8 Å². The molecule has 0 bridgehead atoms. The van der Waals surface area contributed by atoms with Gasteiger partial charge in [0.25, 0.3) is 5.91 Å². The molecule has 0 spiro atoms. The Morgan fingerprint density at radius 1 is 1.42 bits per heavy atom. The summed E-state index contributed by atoms with van der Waals surface area (Å²) in [5.74, 6) is -0.224. The first kappa shape index (κ1) is 13.4. The molecule has 0 saturated heterocycles. The van der Waals surface area contributed by atoms with Gasteiger partial charge in [0.05, 0.1) is 11.6 Å². The molecule has 5 nitrogen and oxygen atoms in total. The Bertz CT molecular complexity index is 608. The Morgan fingerprint density at radius 2 is 2.16 bits per heavy atom. The number of nitrogens with zero attached hydrogens (tertiary/aromatic N) is 1. The largest absolute Gasteiger partial charge is 0.399 e. The third-order valence-electron chi connectivity index (χ3n) is 2.68. The number of anilines is 2. The van der Waals surface area contributed by atoms with Crippen LogP contribution in [0.4, 0.5) is 11.4 Å². The molecule has 0 aliphatic rings. The van der Waals surface area contributed by atoms with Crippen molar-refractivity contribution in [2.75, 3.05) is 11.5 Å². The average molecular weight is 276 g/mol. The number of nitrogens with two attached hydrogens (primary N) is 2. The van der Waals surface area contributed by atoms with E-state index in [4.69, 9.17) is 11.5 Å². The normalized spacial score (nSPS) is 12.1. The molecule has 5 N–H and O–H groups in total. The Kier molecular flexibility index (Phi) is 3.71. The van der Waals surface area contributed by atoms with E-state index in [9.17, 15) is 4.79 Å². The fourth-order valence-corrected chi connectivity index (χ4v) is 2.47. The molecule has 19 heavy (non-hydrogen) atoms. The summed E-state index contributed by atoms with van der Waals surface area (Å²) in [6.07, 6.45) is 1.79. The van der Waals surface area contributed by atoms with E-state index in [2.05, 4.69) is 10.3 Å². The van der Waals surface area contributed by atoms with Gasteiger partial charge >= 0.3 is 0 Å². The van der Waals surface area contributed by atoms with Crippen LogP contribution in [-0.4, -0.2) is 10.9 Å². The van der Waals surface area contributed by atoms with E-state index < -0.39 is 0 Å². The molecule has 100 valence electrons. The number of nitrogens with one attached hydrogen (secondary N) is 1. The van der Waals surface area contributed by atoms with Crippen molar-refractivity contribution in [1.29, 1.82) is 0 Å². The van der Waals surface area contributed by atoms with Crippen LogP contribution >= 0.6 is 11.3 Å². The Morgan fingerprint density at radius 3 is 2.74 bits per heavy atom. The van der Waals surface area contributed by atoms with Gasteiger partial charge in [-0.05, 0) is 32.0 Å². The summed E-state index contributed by atoms with van der Waals surface area (Å²) in [7, 11) is 0. The van der Waals surface area contributed by atoms with Crippen molar-refractivity contribution in [3.8, 4) is 0 Å². The summed E-state index contributed by atoms with van der Waals surface area (Å²) in [5.41, 5.74) is 12.7. The van der Waals surface area contributed by atoms with Crippen LogP contribution < -0.4 is 16.8 Å². The minimum Gasteiger partial charge on any atom is -0.399 e. The molecule has 1 unspecified atom stereocenters.